The second kappa shape index (κ2) is 7.60. The predicted molar refractivity (Wildman–Crippen MR) is 80.9 cm³/mol. The van der Waals surface area contributed by atoms with Gasteiger partial charge in [0.15, 0.2) is 6.61 Å². The Labute approximate surface area is 131 Å². The van der Waals surface area contributed by atoms with E-state index in [1.807, 2.05) is 6.07 Å². The fraction of sp³-hybridized carbons (Fsp3) is 0.0625. The number of benzene rings is 2. The number of carboxylic acid groups (broad SMARTS) is 1. The second-order valence-corrected chi connectivity index (χ2v) is 4.45. The highest BCUT2D eigenvalue weighted by molar-refractivity contribution is 6.05. The van der Waals surface area contributed by atoms with Crippen molar-refractivity contribution in [3.8, 4) is 5.75 Å². The summed E-state index contributed by atoms with van der Waals surface area (Å²) in [5, 5.41) is 9.01. The van der Waals surface area contributed by atoms with Crippen molar-refractivity contribution in [1.29, 1.82) is 0 Å². The van der Waals surface area contributed by atoms with E-state index in [1.54, 1.807) is 24.3 Å². The van der Waals surface area contributed by atoms with Crippen LogP contribution in [0, 0.1) is 0 Å². The van der Waals surface area contributed by atoms with Gasteiger partial charge in [-0.1, -0.05) is 30.3 Å². The first-order valence-electron chi connectivity index (χ1n) is 6.67. The number of aromatic carboxylic acids is 1. The van der Waals surface area contributed by atoms with Crippen LogP contribution >= 0.6 is 0 Å². The van der Waals surface area contributed by atoms with Crippen LogP contribution in [0.15, 0.2) is 54.6 Å². The van der Waals surface area contributed by atoms with E-state index in [4.69, 9.17) is 9.84 Å². The van der Waals surface area contributed by atoms with Gasteiger partial charge in [-0.05, 0) is 24.3 Å². The van der Waals surface area contributed by atoms with Gasteiger partial charge in [-0.3, -0.25) is 20.4 Å². The number of nitrogens with one attached hydrogen (secondary N) is 2. The van der Waals surface area contributed by atoms with Gasteiger partial charge in [-0.2, -0.15) is 0 Å². The predicted octanol–water partition coefficient (Wildman–Crippen LogP) is 1.22. The Bertz CT molecular complexity index is 715. The number of carbonyl (C=O) groups excluding carboxylic acids is 2. The maximum atomic E-state index is 11.9. The molecule has 0 aliphatic carbocycles. The topological polar surface area (TPSA) is 105 Å². The molecule has 0 aliphatic rings. The lowest BCUT2D eigenvalue weighted by Gasteiger charge is -2.10. The molecule has 0 spiro atoms. The molecule has 0 radical (unpaired) electrons. The van der Waals surface area contributed by atoms with Crippen LogP contribution in [0.1, 0.15) is 20.7 Å². The SMILES string of the molecule is O=C(COc1ccccc1)NNC(=O)c1ccccc1C(=O)O. The number of hydrogen-bond acceptors (Lipinski definition) is 4. The molecule has 0 aliphatic heterocycles. The van der Waals surface area contributed by atoms with Crippen molar-refractivity contribution >= 4 is 17.8 Å². The molecular formula is C16H14N2O5. The van der Waals surface area contributed by atoms with E-state index in [0.29, 0.717) is 5.75 Å². The van der Waals surface area contributed by atoms with E-state index >= 15 is 0 Å². The maximum absolute atomic E-state index is 11.9. The molecule has 0 fully saturated rings. The number of hydrazine groups is 1. The molecule has 0 unspecified atom stereocenters. The van der Waals surface area contributed by atoms with Gasteiger partial charge in [0.1, 0.15) is 5.75 Å². The van der Waals surface area contributed by atoms with E-state index in [0.717, 1.165) is 0 Å². The molecular weight excluding hydrogens is 300 g/mol. The van der Waals surface area contributed by atoms with Crippen molar-refractivity contribution in [3.05, 3.63) is 65.7 Å². The average molecular weight is 314 g/mol. The molecule has 2 amide bonds. The summed E-state index contributed by atoms with van der Waals surface area (Å²) in [5.41, 5.74) is 4.10. The zero-order valence-corrected chi connectivity index (χ0v) is 12.0. The van der Waals surface area contributed by atoms with Crippen molar-refractivity contribution in [3.63, 3.8) is 0 Å². The van der Waals surface area contributed by atoms with Gasteiger partial charge < -0.3 is 9.84 Å². The summed E-state index contributed by atoms with van der Waals surface area (Å²) in [6.45, 7) is -0.287. The minimum Gasteiger partial charge on any atom is -0.484 e. The fourth-order valence-corrected chi connectivity index (χ4v) is 1.76. The number of carboxylic acids is 1. The van der Waals surface area contributed by atoms with Crippen LogP contribution in [0.2, 0.25) is 0 Å². The molecule has 7 heteroatoms. The highest BCUT2D eigenvalue weighted by Gasteiger charge is 2.16. The van der Waals surface area contributed by atoms with E-state index in [2.05, 4.69) is 10.9 Å². The van der Waals surface area contributed by atoms with Gasteiger partial charge in [-0.15, -0.1) is 0 Å². The molecule has 0 bridgehead atoms. The standard InChI is InChI=1S/C16H14N2O5/c19-14(10-23-11-6-2-1-3-7-11)17-18-15(20)12-8-4-5-9-13(12)16(21)22/h1-9H,10H2,(H,17,19)(H,18,20)(H,21,22). The minimum absolute atomic E-state index is 0.0516. The molecule has 0 saturated heterocycles. The van der Waals surface area contributed by atoms with Gasteiger partial charge in [0.25, 0.3) is 11.8 Å². The van der Waals surface area contributed by atoms with Crippen molar-refractivity contribution < 1.29 is 24.2 Å². The van der Waals surface area contributed by atoms with Crippen LogP contribution in [-0.4, -0.2) is 29.5 Å². The summed E-state index contributed by atoms with van der Waals surface area (Å²) in [6, 6.07) is 14.4. The lowest BCUT2D eigenvalue weighted by atomic mass is 10.1. The van der Waals surface area contributed by atoms with Crippen LogP contribution in [-0.2, 0) is 4.79 Å². The fourth-order valence-electron chi connectivity index (χ4n) is 1.76. The monoisotopic (exact) mass is 314 g/mol. The van der Waals surface area contributed by atoms with E-state index in [1.165, 1.54) is 24.3 Å². The van der Waals surface area contributed by atoms with Gasteiger partial charge in [0.05, 0.1) is 11.1 Å². The van der Waals surface area contributed by atoms with E-state index in [9.17, 15) is 14.4 Å². The molecule has 7 nitrogen and oxygen atoms in total. The first kappa shape index (κ1) is 16.0. The average Bonchev–Trinajstić information content (AvgIpc) is 2.58. The quantitative estimate of drug-likeness (QED) is 0.720. The number of ether oxygens (including phenoxy) is 1. The van der Waals surface area contributed by atoms with Gasteiger partial charge in [-0.25, -0.2) is 4.79 Å². The van der Waals surface area contributed by atoms with Crippen LogP contribution in [0.3, 0.4) is 0 Å². The Morgan fingerprint density at radius 1 is 0.870 bits per heavy atom. The number of rotatable bonds is 5. The minimum atomic E-state index is -1.23. The lowest BCUT2D eigenvalue weighted by molar-refractivity contribution is -0.123. The normalized spacial score (nSPS) is 9.74. The smallest absolute Gasteiger partial charge is 0.336 e. The Balaban J connectivity index is 1.87. The molecule has 2 aromatic carbocycles. The molecule has 0 aromatic heterocycles. The number of hydrogen-bond donors (Lipinski definition) is 3. The summed E-state index contributed by atoms with van der Waals surface area (Å²) in [6.07, 6.45) is 0. The van der Waals surface area contributed by atoms with Gasteiger partial charge in [0, 0.05) is 0 Å². The Hall–Kier alpha value is -3.35. The molecule has 0 saturated carbocycles. The third-order valence-corrected chi connectivity index (χ3v) is 2.83. The maximum Gasteiger partial charge on any atom is 0.336 e. The third kappa shape index (κ3) is 4.57. The molecule has 118 valence electrons. The van der Waals surface area contributed by atoms with E-state index < -0.39 is 17.8 Å². The van der Waals surface area contributed by atoms with Crippen LogP contribution < -0.4 is 15.6 Å². The zero-order valence-electron chi connectivity index (χ0n) is 12.0. The summed E-state index contributed by atoms with van der Waals surface area (Å²) in [7, 11) is 0. The molecule has 23 heavy (non-hydrogen) atoms. The summed E-state index contributed by atoms with van der Waals surface area (Å²) >= 11 is 0. The largest absolute Gasteiger partial charge is 0.484 e. The highest BCUT2D eigenvalue weighted by atomic mass is 16.5. The first-order valence-corrected chi connectivity index (χ1v) is 6.67. The number of para-hydroxylation sites is 1. The molecule has 0 atom stereocenters. The first-order chi connectivity index (χ1) is 11.1. The Morgan fingerprint density at radius 3 is 2.13 bits per heavy atom. The van der Waals surface area contributed by atoms with Gasteiger partial charge >= 0.3 is 5.97 Å². The molecule has 3 N–H and O–H groups in total. The van der Waals surface area contributed by atoms with Crippen LogP contribution in [0.5, 0.6) is 5.75 Å². The Morgan fingerprint density at radius 2 is 1.48 bits per heavy atom. The third-order valence-electron chi connectivity index (χ3n) is 2.83. The summed E-state index contributed by atoms with van der Waals surface area (Å²) in [4.78, 5) is 34.6. The lowest BCUT2D eigenvalue weighted by Crippen LogP contribution is -2.44. The van der Waals surface area contributed by atoms with Crippen molar-refractivity contribution in [1.82, 2.24) is 10.9 Å². The van der Waals surface area contributed by atoms with Crippen LogP contribution in [0.25, 0.3) is 0 Å². The van der Waals surface area contributed by atoms with E-state index in [-0.39, 0.29) is 17.7 Å². The number of carbonyl (C=O) groups is 3. The van der Waals surface area contributed by atoms with Crippen molar-refractivity contribution in [2.75, 3.05) is 6.61 Å². The summed E-state index contributed by atoms with van der Waals surface area (Å²) < 4.78 is 5.21. The summed E-state index contributed by atoms with van der Waals surface area (Å²) in [5.74, 6) is -2.01. The molecule has 0 heterocycles. The highest BCUT2D eigenvalue weighted by Crippen LogP contribution is 2.09. The second-order valence-electron chi connectivity index (χ2n) is 4.45. The van der Waals surface area contributed by atoms with Crippen molar-refractivity contribution in [2.24, 2.45) is 0 Å². The Kier molecular flexibility index (Phi) is 5.30. The van der Waals surface area contributed by atoms with Crippen molar-refractivity contribution in [2.45, 2.75) is 0 Å². The van der Waals surface area contributed by atoms with Gasteiger partial charge in [0.2, 0.25) is 0 Å². The number of amides is 2. The molecule has 2 aromatic rings. The zero-order chi connectivity index (χ0) is 16.7. The molecule has 2 rings (SSSR count). The van der Waals surface area contributed by atoms with Crippen LogP contribution in [0.4, 0.5) is 0 Å².